The average molecular weight is 340 g/mol. The number of hydrogen-bond acceptors (Lipinski definition) is 4. The number of aromatic nitrogens is 2. The summed E-state index contributed by atoms with van der Waals surface area (Å²) < 4.78 is 36.0. The molecule has 9 heteroatoms. The Morgan fingerprint density at radius 3 is 2.65 bits per heavy atom. The normalized spacial score (nSPS) is 10.6. The van der Waals surface area contributed by atoms with Crippen LogP contribution in [0.5, 0.6) is 0 Å². The largest absolute Gasteiger partial charge is 0.405 e. The second-order valence-electron chi connectivity index (χ2n) is 4.34. The first kappa shape index (κ1) is 16.8. The number of nitrogens with one attached hydrogen (secondary N) is 2. The number of rotatable bonds is 2. The average Bonchev–Trinajstić information content (AvgIpc) is 2.83. The molecule has 2 rings (SSSR count). The molecule has 0 aliphatic carbocycles. The van der Waals surface area contributed by atoms with Gasteiger partial charge in [0.2, 0.25) is 0 Å². The van der Waals surface area contributed by atoms with Crippen LogP contribution >= 0.6 is 11.3 Å². The minimum Gasteiger partial charge on any atom is -0.329 e. The number of aryl methyl sites for hydroxylation is 1. The van der Waals surface area contributed by atoms with Gasteiger partial charge in [-0.15, -0.1) is 0 Å². The highest BCUT2D eigenvalue weighted by Crippen LogP contribution is 2.21. The third-order valence-electron chi connectivity index (χ3n) is 2.47. The van der Waals surface area contributed by atoms with Gasteiger partial charge in [-0.1, -0.05) is 17.3 Å². The number of hydrogen-bond donors (Lipinski definition) is 2. The summed E-state index contributed by atoms with van der Waals surface area (Å²) in [5.74, 6) is 5.82. The van der Waals surface area contributed by atoms with Crippen molar-refractivity contribution in [3.63, 3.8) is 0 Å². The Morgan fingerprint density at radius 1 is 1.30 bits per heavy atom. The van der Waals surface area contributed by atoms with E-state index >= 15 is 0 Å². The van der Waals surface area contributed by atoms with Crippen LogP contribution in [0, 0.1) is 18.8 Å². The predicted molar refractivity (Wildman–Crippen MR) is 80.1 cm³/mol. The van der Waals surface area contributed by atoms with Crippen molar-refractivity contribution in [1.82, 2.24) is 15.3 Å². The van der Waals surface area contributed by atoms with Crippen molar-refractivity contribution in [2.24, 2.45) is 0 Å². The summed E-state index contributed by atoms with van der Waals surface area (Å²) >= 11 is 1.09. The summed E-state index contributed by atoms with van der Waals surface area (Å²) in [7, 11) is 0. The third-order valence-corrected chi connectivity index (χ3v) is 3.46. The summed E-state index contributed by atoms with van der Waals surface area (Å²) in [5.41, 5.74) is 1.35. The van der Waals surface area contributed by atoms with E-state index in [1.54, 1.807) is 36.8 Å². The van der Waals surface area contributed by atoms with E-state index in [4.69, 9.17) is 0 Å². The summed E-state index contributed by atoms with van der Waals surface area (Å²) in [4.78, 5) is 19.9. The monoisotopic (exact) mass is 340 g/mol. The van der Waals surface area contributed by atoms with Gasteiger partial charge in [0.05, 0.1) is 5.69 Å². The van der Waals surface area contributed by atoms with Gasteiger partial charge < -0.3 is 5.32 Å². The lowest BCUT2D eigenvalue weighted by Crippen LogP contribution is -2.36. The fourth-order valence-electron chi connectivity index (χ4n) is 1.45. The Hall–Kier alpha value is -2.60. The number of halogens is 3. The number of amides is 2. The zero-order valence-electron chi connectivity index (χ0n) is 11.9. The van der Waals surface area contributed by atoms with Gasteiger partial charge in [0.15, 0.2) is 5.13 Å². The lowest BCUT2D eigenvalue weighted by atomic mass is 10.2. The molecule has 0 saturated carbocycles. The quantitative estimate of drug-likeness (QED) is 0.826. The van der Waals surface area contributed by atoms with Crippen LogP contribution in [0.1, 0.15) is 16.1 Å². The number of carbonyl (C=O) groups is 1. The number of urea groups is 1. The Balaban J connectivity index is 2.01. The molecule has 5 nitrogen and oxygen atoms in total. The number of carbonyl (C=O) groups excluding carboxylic acids is 1. The molecule has 0 atom stereocenters. The minimum atomic E-state index is -4.46. The van der Waals surface area contributed by atoms with Crippen molar-refractivity contribution in [3.05, 3.63) is 40.7 Å². The van der Waals surface area contributed by atoms with Crippen LogP contribution in [0.25, 0.3) is 0 Å². The van der Waals surface area contributed by atoms with Crippen LogP contribution in [0.15, 0.2) is 24.5 Å². The summed E-state index contributed by atoms with van der Waals surface area (Å²) in [6, 6.07) is 2.52. The molecule has 0 spiro atoms. The van der Waals surface area contributed by atoms with Crippen LogP contribution in [0.3, 0.4) is 0 Å². The fraction of sp³-hybridized carbons (Fsp3) is 0.214. The lowest BCUT2D eigenvalue weighted by molar-refractivity contribution is -0.122. The third kappa shape index (κ3) is 5.60. The molecule has 2 heterocycles. The zero-order valence-corrected chi connectivity index (χ0v) is 12.7. The van der Waals surface area contributed by atoms with Gasteiger partial charge in [-0.2, -0.15) is 13.2 Å². The molecule has 23 heavy (non-hydrogen) atoms. The van der Waals surface area contributed by atoms with Crippen molar-refractivity contribution in [2.45, 2.75) is 13.1 Å². The maximum atomic E-state index is 12.0. The van der Waals surface area contributed by atoms with E-state index < -0.39 is 18.8 Å². The molecule has 0 aliphatic rings. The SMILES string of the molecule is Cc1nc(NC(=O)NCC(F)(F)F)sc1C#Cc1ccncc1. The molecule has 2 aromatic rings. The second kappa shape index (κ2) is 7.11. The number of nitrogens with zero attached hydrogens (tertiary/aromatic N) is 2. The first-order valence-electron chi connectivity index (χ1n) is 6.34. The molecule has 2 N–H and O–H groups in total. The molecule has 0 fully saturated rings. The van der Waals surface area contributed by atoms with Crippen molar-refractivity contribution < 1.29 is 18.0 Å². The van der Waals surface area contributed by atoms with E-state index in [-0.39, 0.29) is 5.13 Å². The van der Waals surface area contributed by atoms with Gasteiger partial charge in [-0.05, 0) is 25.0 Å². The number of pyridine rings is 1. The molecule has 2 amide bonds. The molecule has 0 aromatic carbocycles. The Kier molecular flexibility index (Phi) is 5.18. The molecule has 120 valence electrons. The van der Waals surface area contributed by atoms with Crippen molar-refractivity contribution in [1.29, 1.82) is 0 Å². The van der Waals surface area contributed by atoms with Crippen LogP contribution < -0.4 is 10.6 Å². The smallest absolute Gasteiger partial charge is 0.329 e. The first-order valence-corrected chi connectivity index (χ1v) is 7.16. The van der Waals surface area contributed by atoms with E-state index in [1.165, 1.54) is 0 Å². The van der Waals surface area contributed by atoms with Gasteiger partial charge in [0.1, 0.15) is 11.4 Å². The fourth-order valence-corrected chi connectivity index (χ4v) is 2.27. The summed E-state index contributed by atoms with van der Waals surface area (Å²) in [6.07, 6.45) is -1.24. The summed E-state index contributed by atoms with van der Waals surface area (Å²) in [5, 5.41) is 4.14. The summed E-state index contributed by atoms with van der Waals surface area (Å²) in [6.45, 7) is 0.295. The van der Waals surface area contributed by atoms with Crippen LogP contribution in [-0.2, 0) is 0 Å². The lowest BCUT2D eigenvalue weighted by Gasteiger charge is -2.07. The van der Waals surface area contributed by atoms with Gasteiger partial charge >= 0.3 is 12.2 Å². The molecule has 0 radical (unpaired) electrons. The van der Waals surface area contributed by atoms with Crippen LogP contribution in [-0.4, -0.2) is 28.7 Å². The van der Waals surface area contributed by atoms with Crippen LogP contribution in [0.4, 0.5) is 23.1 Å². The highest BCUT2D eigenvalue weighted by atomic mass is 32.1. The van der Waals surface area contributed by atoms with Crippen LogP contribution in [0.2, 0.25) is 0 Å². The highest BCUT2D eigenvalue weighted by Gasteiger charge is 2.27. The molecular formula is C14H11F3N4OS. The van der Waals surface area contributed by atoms with Gasteiger partial charge in [0.25, 0.3) is 0 Å². The Morgan fingerprint density at radius 2 is 2.00 bits per heavy atom. The number of thiazole rings is 1. The zero-order chi connectivity index (χ0) is 16.9. The molecule has 0 saturated heterocycles. The molecular weight excluding hydrogens is 329 g/mol. The number of alkyl halides is 3. The highest BCUT2D eigenvalue weighted by molar-refractivity contribution is 7.16. The van der Waals surface area contributed by atoms with Gasteiger partial charge in [-0.3, -0.25) is 10.3 Å². The maximum absolute atomic E-state index is 12.0. The topological polar surface area (TPSA) is 66.9 Å². The van der Waals surface area contributed by atoms with E-state index in [0.717, 1.165) is 16.9 Å². The maximum Gasteiger partial charge on any atom is 0.405 e. The van der Waals surface area contributed by atoms with Crippen molar-refractivity contribution >= 4 is 22.5 Å². The first-order chi connectivity index (χ1) is 10.8. The Bertz CT molecular complexity index is 747. The number of anilines is 1. The van der Waals surface area contributed by atoms with E-state index in [1.807, 2.05) is 0 Å². The standard InChI is InChI=1S/C14H11F3N4OS/c1-9-11(3-2-10-4-6-18-7-5-10)23-13(20-9)21-12(22)19-8-14(15,16)17/h4-7H,8H2,1H3,(H2,19,20,21,22). The van der Waals surface area contributed by atoms with Gasteiger partial charge in [0, 0.05) is 18.0 Å². The molecule has 0 bridgehead atoms. The van der Waals surface area contributed by atoms with Crippen molar-refractivity contribution in [3.8, 4) is 11.8 Å². The molecule has 0 aliphatic heterocycles. The van der Waals surface area contributed by atoms with E-state index in [0.29, 0.717) is 10.6 Å². The molecule has 0 unspecified atom stereocenters. The molecule has 2 aromatic heterocycles. The van der Waals surface area contributed by atoms with Gasteiger partial charge in [-0.25, -0.2) is 9.78 Å². The van der Waals surface area contributed by atoms with E-state index in [2.05, 4.69) is 27.1 Å². The van der Waals surface area contributed by atoms with E-state index in [9.17, 15) is 18.0 Å². The minimum absolute atomic E-state index is 0.182. The van der Waals surface area contributed by atoms with Crippen molar-refractivity contribution in [2.75, 3.05) is 11.9 Å². The second-order valence-corrected chi connectivity index (χ2v) is 5.34. The predicted octanol–water partition coefficient (Wildman–Crippen LogP) is 2.93. The Labute approximate surface area is 134 Å².